The molecule has 8 heteroatoms. The SMILES string of the molecule is Cc1nn(CCCNC(=S)Nc2cc(Cl)ccc2Cl)cc1Cl. The number of anilines is 1. The molecule has 2 aromatic rings. The highest BCUT2D eigenvalue weighted by Crippen LogP contribution is 2.25. The Hall–Kier alpha value is -1.01. The summed E-state index contributed by atoms with van der Waals surface area (Å²) in [5.74, 6) is 0. The van der Waals surface area contributed by atoms with E-state index in [0.29, 0.717) is 32.4 Å². The van der Waals surface area contributed by atoms with Gasteiger partial charge in [0.15, 0.2) is 5.11 Å². The first-order valence-electron chi connectivity index (χ1n) is 6.65. The Labute approximate surface area is 149 Å². The fraction of sp³-hybridized carbons (Fsp3) is 0.286. The van der Waals surface area contributed by atoms with E-state index in [2.05, 4.69) is 15.7 Å². The lowest BCUT2D eigenvalue weighted by molar-refractivity contribution is 0.570. The predicted octanol–water partition coefficient (Wildman–Crippen LogP) is 4.53. The van der Waals surface area contributed by atoms with Crippen LogP contribution in [-0.4, -0.2) is 21.4 Å². The maximum Gasteiger partial charge on any atom is 0.170 e. The molecule has 0 spiro atoms. The fourth-order valence-corrected chi connectivity index (χ4v) is 2.51. The zero-order valence-electron chi connectivity index (χ0n) is 11.9. The molecule has 22 heavy (non-hydrogen) atoms. The molecule has 118 valence electrons. The average molecular weight is 378 g/mol. The lowest BCUT2D eigenvalue weighted by atomic mass is 10.3. The molecule has 1 aromatic carbocycles. The molecule has 0 atom stereocenters. The fourth-order valence-electron chi connectivity index (χ4n) is 1.81. The number of benzene rings is 1. The molecule has 0 saturated carbocycles. The van der Waals surface area contributed by atoms with Crippen LogP contribution in [0.25, 0.3) is 0 Å². The van der Waals surface area contributed by atoms with E-state index in [4.69, 9.17) is 47.0 Å². The first-order chi connectivity index (χ1) is 10.5. The number of hydrogen-bond donors (Lipinski definition) is 2. The van der Waals surface area contributed by atoms with Crippen LogP contribution in [0.5, 0.6) is 0 Å². The first kappa shape index (κ1) is 17.3. The monoisotopic (exact) mass is 376 g/mol. The van der Waals surface area contributed by atoms with Crippen LogP contribution in [-0.2, 0) is 6.54 Å². The van der Waals surface area contributed by atoms with E-state index in [9.17, 15) is 0 Å². The summed E-state index contributed by atoms with van der Waals surface area (Å²) in [7, 11) is 0. The molecule has 0 aliphatic rings. The maximum atomic E-state index is 6.07. The van der Waals surface area contributed by atoms with Crippen LogP contribution in [0.4, 0.5) is 5.69 Å². The van der Waals surface area contributed by atoms with Crippen molar-refractivity contribution in [2.75, 3.05) is 11.9 Å². The number of thiocarbonyl (C=S) groups is 1. The largest absolute Gasteiger partial charge is 0.362 e. The van der Waals surface area contributed by atoms with Crippen molar-refractivity contribution in [2.45, 2.75) is 19.9 Å². The molecule has 0 aliphatic heterocycles. The van der Waals surface area contributed by atoms with Crippen LogP contribution in [0.1, 0.15) is 12.1 Å². The second kappa shape index (κ2) is 8.02. The van der Waals surface area contributed by atoms with Gasteiger partial charge in [-0.3, -0.25) is 4.68 Å². The summed E-state index contributed by atoms with van der Waals surface area (Å²) in [6.07, 6.45) is 2.68. The summed E-state index contributed by atoms with van der Waals surface area (Å²) in [4.78, 5) is 0. The normalized spacial score (nSPS) is 10.5. The lowest BCUT2D eigenvalue weighted by Gasteiger charge is -2.12. The van der Waals surface area contributed by atoms with Gasteiger partial charge in [-0.05, 0) is 43.8 Å². The van der Waals surface area contributed by atoms with Crippen molar-refractivity contribution in [3.05, 3.63) is 45.2 Å². The Morgan fingerprint density at radius 3 is 2.73 bits per heavy atom. The molecule has 0 unspecified atom stereocenters. The van der Waals surface area contributed by atoms with Gasteiger partial charge in [-0.1, -0.05) is 34.8 Å². The molecular formula is C14H15Cl3N4S. The van der Waals surface area contributed by atoms with E-state index in [1.165, 1.54) is 0 Å². The molecule has 1 heterocycles. The highest BCUT2D eigenvalue weighted by molar-refractivity contribution is 7.80. The number of rotatable bonds is 5. The molecule has 0 radical (unpaired) electrons. The summed E-state index contributed by atoms with van der Waals surface area (Å²) in [6.45, 7) is 3.35. The van der Waals surface area contributed by atoms with Gasteiger partial charge in [0.25, 0.3) is 0 Å². The van der Waals surface area contributed by atoms with Gasteiger partial charge in [0, 0.05) is 24.3 Å². The van der Waals surface area contributed by atoms with Crippen LogP contribution in [0.15, 0.2) is 24.4 Å². The number of halogens is 3. The minimum absolute atomic E-state index is 0.499. The molecular weight excluding hydrogens is 363 g/mol. The summed E-state index contributed by atoms with van der Waals surface area (Å²) >= 11 is 23.2. The molecule has 0 aliphatic carbocycles. The van der Waals surface area contributed by atoms with Gasteiger partial charge in [-0.25, -0.2) is 0 Å². The third kappa shape index (κ3) is 5.02. The van der Waals surface area contributed by atoms with E-state index < -0.39 is 0 Å². The Morgan fingerprint density at radius 1 is 1.27 bits per heavy atom. The molecule has 2 N–H and O–H groups in total. The van der Waals surface area contributed by atoms with Gasteiger partial charge in [0.2, 0.25) is 0 Å². The van der Waals surface area contributed by atoms with Crippen molar-refractivity contribution in [2.24, 2.45) is 0 Å². The third-order valence-electron chi connectivity index (χ3n) is 2.91. The minimum Gasteiger partial charge on any atom is -0.362 e. The number of aryl methyl sites for hydroxylation is 2. The number of hydrogen-bond acceptors (Lipinski definition) is 2. The van der Waals surface area contributed by atoms with Crippen molar-refractivity contribution >= 4 is 57.8 Å². The molecule has 2 rings (SSSR count). The van der Waals surface area contributed by atoms with Gasteiger partial charge in [0.05, 0.1) is 21.4 Å². The van der Waals surface area contributed by atoms with Crippen molar-refractivity contribution in [1.29, 1.82) is 0 Å². The smallest absolute Gasteiger partial charge is 0.170 e. The minimum atomic E-state index is 0.499. The van der Waals surface area contributed by atoms with Gasteiger partial charge < -0.3 is 10.6 Å². The molecule has 0 amide bonds. The standard InChI is InChI=1S/C14H15Cl3N4S/c1-9-12(17)8-21(20-9)6-2-5-18-14(22)19-13-7-10(15)3-4-11(13)16/h3-4,7-8H,2,5-6H2,1H3,(H2,18,19,22). The van der Waals surface area contributed by atoms with Crippen molar-refractivity contribution in [3.8, 4) is 0 Å². The lowest BCUT2D eigenvalue weighted by Crippen LogP contribution is -2.29. The molecule has 1 aromatic heterocycles. The van der Waals surface area contributed by atoms with E-state index in [1.54, 1.807) is 18.2 Å². The third-order valence-corrected chi connectivity index (χ3v) is 4.09. The van der Waals surface area contributed by atoms with Crippen molar-refractivity contribution in [1.82, 2.24) is 15.1 Å². The highest BCUT2D eigenvalue weighted by Gasteiger charge is 2.04. The number of nitrogens with zero attached hydrogens (tertiary/aromatic N) is 2. The predicted molar refractivity (Wildman–Crippen MR) is 97.3 cm³/mol. The Morgan fingerprint density at radius 2 is 2.05 bits per heavy atom. The van der Waals surface area contributed by atoms with Crippen molar-refractivity contribution < 1.29 is 0 Å². The molecule has 0 bridgehead atoms. The van der Waals surface area contributed by atoms with Gasteiger partial charge >= 0.3 is 0 Å². The second-order valence-electron chi connectivity index (χ2n) is 4.68. The van der Waals surface area contributed by atoms with Gasteiger partial charge in [-0.15, -0.1) is 0 Å². The van der Waals surface area contributed by atoms with E-state index in [1.807, 2.05) is 17.8 Å². The van der Waals surface area contributed by atoms with E-state index in [-0.39, 0.29) is 0 Å². The number of aromatic nitrogens is 2. The van der Waals surface area contributed by atoms with Gasteiger partial charge in [-0.2, -0.15) is 5.10 Å². The maximum absolute atomic E-state index is 6.07. The Balaban J connectivity index is 1.75. The molecule has 4 nitrogen and oxygen atoms in total. The van der Waals surface area contributed by atoms with Crippen LogP contribution < -0.4 is 10.6 Å². The van der Waals surface area contributed by atoms with Crippen molar-refractivity contribution in [3.63, 3.8) is 0 Å². The average Bonchev–Trinajstić information content (AvgIpc) is 2.78. The topological polar surface area (TPSA) is 41.9 Å². The Kier molecular flexibility index (Phi) is 6.32. The summed E-state index contributed by atoms with van der Waals surface area (Å²) in [5.41, 5.74) is 1.52. The zero-order chi connectivity index (χ0) is 16.1. The van der Waals surface area contributed by atoms with Crippen LogP contribution in [0, 0.1) is 6.92 Å². The zero-order valence-corrected chi connectivity index (χ0v) is 15.0. The second-order valence-corrected chi connectivity index (χ2v) is 6.34. The summed E-state index contributed by atoms with van der Waals surface area (Å²) in [6, 6.07) is 5.17. The molecule has 0 fully saturated rings. The van der Waals surface area contributed by atoms with Crippen LogP contribution >= 0.6 is 47.0 Å². The van der Waals surface area contributed by atoms with Crippen LogP contribution in [0.3, 0.4) is 0 Å². The quantitative estimate of drug-likeness (QED) is 0.593. The summed E-state index contributed by atoms with van der Waals surface area (Å²) < 4.78 is 1.82. The first-order valence-corrected chi connectivity index (χ1v) is 8.19. The van der Waals surface area contributed by atoms with Gasteiger partial charge in [0.1, 0.15) is 0 Å². The Bertz CT molecular complexity index is 653. The van der Waals surface area contributed by atoms with E-state index in [0.717, 1.165) is 18.7 Å². The van der Waals surface area contributed by atoms with E-state index >= 15 is 0 Å². The summed E-state index contributed by atoms with van der Waals surface area (Å²) in [5, 5.41) is 12.8. The number of nitrogens with one attached hydrogen (secondary N) is 2. The van der Waals surface area contributed by atoms with Crippen LogP contribution in [0.2, 0.25) is 15.1 Å². The highest BCUT2D eigenvalue weighted by atomic mass is 35.5. The molecule has 0 saturated heterocycles.